The van der Waals surface area contributed by atoms with Crippen LogP contribution in [0, 0.1) is 13.8 Å². The van der Waals surface area contributed by atoms with Crippen molar-refractivity contribution in [3.63, 3.8) is 0 Å². The fourth-order valence-corrected chi connectivity index (χ4v) is 3.31. The molecule has 0 amide bonds. The van der Waals surface area contributed by atoms with Crippen LogP contribution in [0.4, 0.5) is 0 Å². The molecule has 5 nitrogen and oxygen atoms in total. The molecule has 0 aliphatic heterocycles. The smallest absolute Gasteiger partial charge is 0.347 e. The van der Waals surface area contributed by atoms with Crippen LogP contribution in [-0.2, 0) is 11.2 Å². The van der Waals surface area contributed by atoms with Crippen molar-refractivity contribution in [2.45, 2.75) is 39.7 Å². The molecule has 2 aromatic carbocycles. The van der Waals surface area contributed by atoms with Gasteiger partial charge in [0, 0.05) is 22.0 Å². The van der Waals surface area contributed by atoms with Gasteiger partial charge in [-0.3, -0.25) is 0 Å². The molecule has 0 saturated heterocycles. The van der Waals surface area contributed by atoms with Crippen LogP contribution in [0.25, 0.3) is 11.3 Å². The number of ether oxygens (including phenoxy) is 1. The minimum Gasteiger partial charge on any atom is -0.478 e. The number of aromatic nitrogens is 1. The second-order valence-electron chi connectivity index (χ2n) is 7.34. The summed E-state index contributed by atoms with van der Waals surface area (Å²) in [5.41, 5.74) is 3.53. The lowest BCUT2D eigenvalue weighted by atomic mass is 9.98. The van der Waals surface area contributed by atoms with E-state index in [-0.39, 0.29) is 0 Å². The van der Waals surface area contributed by atoms with Crippen molar-refractivity contribution >= 4 is 21.9 Å². The topological polar surface area (TPSA) is 72.6 Å². The molecule has 3 rings (SSSR count). The van der Waals surface area contributed by atoms with Gasteiger partial charge in [0.1, 0.15) is 5.75 Å². The van der Waals surface area contributed by atoms with E-state index in [0.717, 1.165) is 38.1 Å². The molecule has 0 atom stereocenters. The Balaban J connectivity index is 1.88. The number of benzene rings is 2. The van der Waals surface area contributed by atoms with Crippen molar-refractivity contribution in [2.24, 2.45) is 0 Å². The Morgan fingerprint density at radius 1 is 1.18 bits per heavy atom. The van der Waals surface area contributed by atoms with E-state index in [9.17, 15) is 9.90 Å². The molecule has 1 heterocycles. The highest BCUT2D eigenvalue weighted by atomic mass is 79.9. The first kappa shape index (κ1) is 20.1. The largest absolute Gasteiger partial charge is 0.478 e. The Labute approximate surface area is 172 Å². The molecule has 28 heavy (non-hydrogen) atoms. The summed E-state index contributed by atoms with van der Waals surface area (Å²) in [5.74, 6) is 0.351. The molecule has 1 aromatic heterocycles. The summed E-state index contributed by atoms with van der Waals surface area (Å²) >= 11 is 3.44. The average Bonchev–Trinajstić information content (AvgIpc) is 3.07. The van der Waals surface area contributed by atoms with E-state index in [1.807, 2.05) is 50.2 Å². The van der Waals surface area contributed by atoms with Crippen LogP contribution in [0.2, 0.25) is 0 Å². The van der Waals surface area contributed by atoms with Crippen LogP contribution < -0.4 is 4.74 Å². The van der Waals surface area contributed by atoms with E-state index in [2.05, 4.69) is 21.1 Å². The SMILES string of the molecule is Cc1cc(Cc2cnoc2-c2ccc(Br)cc2)cc(C)c1OC(C)(C)C(=O)O. The van der Waals surface area contributed by atoms with E-state index in [1.54, 1.807) is 20.0 Å². The second kappa shape index (κ2) is 7.80. The minimum absolute atomic E-state index is 0.606. The third-order valence-electron chi connectivity index (χ3n) is 4.54. The summed E-state index contributed by atoms with van der Waals surface area (Å²) in [5, 5.41) is 13.3. The van der Waals surface area contributed by atoms with Crippen molar-refractivity contribution in [1.29, 1.82) is 0 Å². The van der Waals surface area contributed by atoms with Crippen LogP contribution in [0.3, 0.4) is 0 Å². The second-order valence-corrected chi connectivity index (χ2v) is 8.26. The summed E-state index contributed by atoms with van der Waals surface area (Å²) in [7, 11) is 0. The third-order valence-corrected chi connectivity index (χ3v) is 5.07. The molecule has 0 fully saturated rings. The number of hydrogen-bond acceptors (Lipinski definition) is 4. The number of aryl methyl sites for hydroxylation is 2. The molecule has 0 aliphatic carbocycles. The van der Waals surface area contributed by atoms with Crippen LogP contribution in [-0.4, -0.2) is 21.8 Å². The van der Waals surface area contributed by atoms with Crippen LogP contribution in [0.5, 0.6) is 5.75 Å². The fourth-order valence-electron chi connectivity index (χ4n) is 3.05. The summed E-state index contributed by atoms with van der Waals surface area (Å²) in [4.78, 5) is 11.4. The van der Waals surface area contributed by atoms with Crippen molar-refractivity contribution in [3.05, 3.63) is 69.3 Å². The predicted octanol–water partition coefficient (Wildman–Crippen LogP) is 5.55. The molecule has 0 bridgehead atoms. The highest BCUT2D eigenvalue weighted by molar-refractivity contribution is 9.10. The molecular weight excluding hydrogens is 422 g/mol. The van der Waals surface area contributed by atoms with Crippen molar-refractivity contribution < 1.29 is 19.2 Å². The zero-order chi connectivity index (χ0) is 20.5. The Bertz CT molecular complexity index is 983. The van der Waals surface area contributed by atoms with Gasteiger partial charge in [0.05, 0.1) is 6.20 Å². The van der Waals surface area contributed by atoms with Gasteiger partial charge in [0.25, 0.3) is 0 Å². The van der Waals surface area contributed by atoms with Gasteiger partial charge in [-0.25, -0.2) is 4.79 Å². The van der Waals surface area contributed by atoms with E-state index >= 15 is 0 Å². The zero-order valence-electron chi connectivity index (χ0n) is 16.2. The molecule has 0 aliphatic rings. The molecule has 0 spiro atoms. The number of aliphatic carboxylic acids is 1. The molecule has 0 unspecified atom stereocenters. The fraction of sp³-hybridized carbons (Fsp3) is 0.273. The van der Waals surface area contributed by atoms with Gasteiger partial charge in [-0.1, -0.05) is 45.4 Å². The quantitative estimate of drug-likeness (QED) is 0.540. The number of rotatable bonds is 6. The lowest BCUT2D eigenvalue weighted by Crippen LogP contribution is -2.38. The monoisotopic (exact) mass is 443 g/mol. The maximum Gasteiger partial charge on any atom is 0.347 e. The third kappa shape index (κ3) is 4.28. The molecule has 6 heteroatoms. The van der Waals surface area contributed by atoms with Crippen LogP contribution in [0.15, 0.2) is 51.6 Å². The maximum atomic E-state index is 11.4. The number of halogens is 1. The number of carboxylic acid groups (broad SMARTS) is 1. The first-order valence-corrected chi connectivity index (χ1v) is 9.68. The number of carbonyl (C=O) groups is 1. The highest BCUT2D eigenvalue weighted by Crippen LogP contribution is 2.31. The molecular formula is C22H22BrNO4. The van der Waals surface area contributed by atoms with Gasteiger partial charge in [0.2, 0.25) is 0 Å². The normalized spacial score (nSPS) is 11.5. The first-order valence-electron chi connectivity index (χ1n) is 8.89. The van der Waals surface area contributed by atoms with E-state index in [4.69, 9.17) is 9.26 Å². The lowest BCUT2D eigenvalue weighted by molar-refractivity contribution is -0.152. The van der Waals surface area contributed by atoms with E-state index in [0.29, 0.717) is 12.2 Å². The van der Waals surface area contributed by atoms with E-state index in [1.165, 1.54) is 0 Å². The van der Waals surface area contributed by atoms with Gasteiger partial charge < -0.3 is 14.4 Å². The van der Waals surface area contributed by atoms with Crippen molar-refractivity contribution in [1.82, 2.24) is 5.16 Å². The Morgan fingerprint density at radius 2 is 1.79 bits per heavy atom. The van der Waals surface area contributed by atoms with Gasteiger partial charge in [-0.05, 0) is 56.5 Å². The number of nitrogens with zero attached hydrogens (tertiary/aromatic N) is 1. The summed E-state index contributed by atoms with van der Waals surface area (Å²) in [6.45, 7) is 6.94. The molecule has 0 radical (unpaired) electrons. The summed E-state index contributed by atoms with van der Waals surface area (Å²) in [6.07, 6.45) is 2.39. The standard InChI is InChI=1S/C22H22BrNO4/c1-13-9-15(10-14(2)19(13)27-22(3,4)21(25)26)11-17-12-24-28-20(17)16-5-7-18(23)8-6-16/h5-10,12H,11H2,1-4H3,(H,25,26). The van der Waals surface area contributed by atoms with Gasteiger partial charge in [-0.2, -0.15) is 0 Å². The first-order chi connectivity index (χ1) is 13.2. The Morgan fingerprint density at radius 3 is 2.36 bits per heavy atom. The Hall–Kier alpha value is -2.60. The van der Waals surface area contributed by atoms with Gasteiger partial charge in [0.15, 0.2) is 11.4 Å². The minimum atomic E-state index is -1.29. The number of hydrogen-bond donors (Lipinski definition) is 1. The molecule has 0 saturated carbocycles. The lowest BCUT2D eigenvalue weighted by Gasteiger charge is -2.24. The summed E-state index contributed by atoms with van der Waals surface area (Å²) in [6, 6.07) is 11.9. The maximum absolute atomic E-state index is 11.4. The van der Waals surface area contributed by atoms with Crippen molar-refractivity contribution in [2.75, 3.05) is 0 Å². The van der Waals surface area contributed by atoms with Gasteiger partial charge in [-0.15, -0.1) is 0 Å². The van der Waals surface area contributed by atoms with Crippen LogP contribution >= 0.6 is 15.9 Å². The van der Waals surface area contributed by atoms with Gasteiger partial charge >= 0.3 is 5.97 Å². The predicted molar refractivity (Wildman–Crippen MR) is 111 cm³/mol. The average molecular weight is 444 g/mol. The molecule has 146 valence electrons. The van der Waals surface area contributed by atoms with Crippen molar-refractivity contribution in [3.8, 4) is 17.1 Å². The van der Waals surface area contributed by atoms with Crippen LogP contribution in [0.1, 0.15) is 36.1 Å². The highest BCUT2D eigenvalue weighted by Gasteiger charge is 2.30. The zero-order valence-corrected chi connectivity index (χ0v) is 17.8. The molecule has 1 N–H and O–H groups in total. The number of carboxylic acids is 1. The Kier molecular flexibility index (Phi) is 5.61. The molecule has 3 aromatic rings. The summed E-state index contributed by atoms with van der Waals surface area (Å²) < 4.78 is 12.3. The van der Waals surface area contributed by atoms with E-state index < -0.39 is 11.6 Å².